The molecule has 2 aromatic carbocycles. The van der Waals surface area contributed by atoms with E-state index in [2.05, 4.69) is 50.4 Å². The van der Waals surface area contributed by atoms with E-state index in [1.54, 1.807) is 6.07 Å². The highest BCUT2D eigenvalue weighted by Crippen LogP contribution is 2.22. The number of hydrogen-bond donors (Lipinski definition) is 3. The average molecular weight is 430 g/mol. The Kier molecular flexibility index (Phi) is 6.86. The second kappa shape index (κ2) is 9.34. The number of nitrogens with one attached hydrogen (secondary N) is 1. The van der Waals surface area contributed by atoms with Crippen LogP contribution in [0.3, 0.4) is 0 Å². The molecule has 142 valence electrons. The van der Waals surface area contributed by atoms with Crippen molar-refractivity contribution in [3.63, 3.8) is 0 Å². The van der Waals surface area contributed by atoms with E-state index in [-0.39, 0.29) is 18.8 Å². The van der Waals surface area contributed by atoms with Crippen molar-refractivity contribution in [1.82, 2.24) is 4.90 Å². The maximum Gasteiger partial charge on any atom is 0.0992 e. The molecule has 0 aliphatic carbocycles. The van der Waals surface area contributed by atoms with Crippen molar-refractivity contribution >= 4 is 21.6 Å². The summed E-state index contributed by atoms with van der Waals surface area (Å²) in [5.74, 6) is 0. The van der Waals surface area contributed by atoms with Gasteiger partial charge in [-0.2, -0.15) is 5.26 Å². The molecule has 0 aromatic heterocycles. The normalized spacial score (nSPS) is 20.2. The maximum absolute atomic E-state index is 9.80. The number of hydrogen-bond acceptors (Lipinski definition) is 5. The van der Waals surface area contributed by atoms with E-state index in [1.807, 2.05) is 18.2 Å². The zero-order valence-corrected chi connectivity index (χ0v) is 16.7. The van der Waals surface area contributed by atoms with Crippen molar-refractivity contribution in [2.75, 3.05) is 18.5 Å². The lowest BCUT2D eigenvalue weighted by Gasteiger charge is -2.37. The number of nitrogens with zero attached hydrogens (tertiary/aromatic N) is 2. The first-order valence-electron chi connectivity index (χ1n) is 9.12. The highest BCUT2D eigenvalue weighted by Gasteiger charge is 2.26. The number of aliphatic hydroxyl groups excluding tert-OH is 2. The molecule has 0 radical (unpaired) electrons. The Balaban J connectivity index is 1.64. The molecule has 5 nitrogen and oxygen atoms in total. The van der Waals surface area contributed by atoms with E-state index >= 15 is 0 Å². The molecular formula is C21H24BrN3O2. The van der Waals surface area contributed by atoms with Gasteiger partial charge in [-0.25, -0.2) is 0 Å². The van der Waals surface area contributed by atoms with Gasteiger partial charge >= 0.3 is 0 Å². The largest absolute Gasteiger partial charge is 0.395 e. The van der Waals surface area contributed by atoms with Crippen LogP contribution in [0.2, 0.25) is 0 Å². The molecule has 0 amide bonds. The molecule has 1 heterocycles. The fourth-order valence-electron chi connectivity index (χ4n) is 3.51. The minimum atomic E-state index is -0.308. The van der Waals surface area contributed by atoms with Crippen molar-refractivity contribution in [3.05, 3.63) is 63.6 Å². The summed E-state index contributed by atoms with van der Waals surface area (Å²) in [5.41, 5.74) is 3.86. The summed E-state index contributed by atoms with van der Waals surface area (Å²) in [6.45, 7) is 2.30. The molecule has 1 aliphatic rings. The Morgan fingerprint density at radius 2 is 2.04 bits per heavy atom. The molecule has 3 N–H and O–H groups in total. The summed E-state index contributed by atoms with van der Waals surface area (Å²) in [6, 6.07) is 16.1. The number of halogens is 1. The van der Waals surface area contributed by atoms with Crippen LogP contribution in [0.15, 0.2) is 46.9 Å². The van der Waals surface area contributed by atoms with Crippen LogP contribution >= 0.6 is 15.9 Å². The van der Waals surface area contributed by atoms with Gasteiger partial charge in [-0.1, -0.05) is 40.2 Å². The lowest BCUT2D eigenvalue weighted by molar-refractivity contribution is 0.0129. The quantitative estimate of drug-likeness (QED) is 0.656. The monoisotopic (exact) mass is 429 g/mol. The van der Waals surface area contributed by atoms with Crippen LogP contribution in [0.5, 0.6) is 0 Å². The lowest BCUT2D eigenvalue weighted by atomic mass is 9.99. The fourth-order valence-corrected chi connectivity index (χ4v) is 4.00. The van der Waals surface area contributed by atoms with Gasteiger partial charge in [0.1, 0.15) is 0 Å². The van der Waals surface area contributed by atoms with Crippen molar-refractivity contribution in [1.29, 1.82) is 5.26 Å². The first kappa shape index (κ1) is 19.8. The average Bonchev–Trinajstić information content (AvgIpc) is 2.67. The van der Waals surface area contributed by atoms with Crippen molar-refractivity contribution < 1.29 is 10.2 Å². The van der Waals surface area contributed by atoms with E-state index in [0.29, 0.717) is 18.5 Å². The molecule has 6 heteroatoms. The van der Waals surface area contributed by atoms with Gasteiger partial charge in [0, 0.05) is 35.8 Å². The van der Waals surface area contributed by atoms with Gasteiger partial charge in [0.15, 0.2) is 0 Å². The molecule has 2 unspecified atom stereocenters. The minimum Gasteiger partial charge on any atom is -0.395 e. The molecule has 0 spiro atoms. The Morgan fingerprint density at radius 1 is 1.22 bits per heavy atom. The van der Waals surface area contributed by atoms with Crippen LogP contribution in [-0.4, -0.2) is 40.4 Å². The van der Waals surface area contributed by atoms with E-state index in [1.165, 1.54) is 5.56 Å². The molecular weight excluding hydrogens is 406 g/mol. The lowest BCUT2D eigenvalue weighted by Crippen LogP contribution is -2.45. The molecule has 1 fully saturated rings. The molecule has 2 aromatic rings. The molecule has 3 rings (SSSR count). The summed E-state index contributed by atoms with van der Waals surface area (Å²) in [6.07, 6.45) is 1.07. The Labute approximate surface area is 168 Å². The third-order valence-corrected chi connectivity index (χ3v) is 5.38. The number of nitriles is 1. The van der Waals surface area contributed by atoms with Gasteiger partial charge in [0.25, 0.3) is 0 Å². The molecule has 0 bridgehead atoms. The van der Waals surface area contributed by atoms with Gasteiger partial charge in [0.2, 0.25) is 0 Å². The minimum absolute atomic E-state index is 0.0154. The number of piperidine rings is 1. The summed E-state index contributed by atoms with van der Waals surface area (Å²) in [4.78, 5) is 2.24. The van der Waals surface area contributed by atoms with Gasteiger partial charge in [-0.15, -0.1) is 0 Å². The third kappa shape index (κ3) is 5.53. The first-order chi connectivity index (χ1) is 13.1. The second-order valence-corrected chi connectivity index (χ2v) is 7.91. The van der Waals surface area contributed by atoms with Gasteiger partial charge in [0.05, 0.1) is 24.3 Å². The summed E-state index contributed by atoms with van der Waals surface area (Å²) in [5, 5.41) is 31.9. The van der Waals surface area contributed by atoms with Crippen LogP contribution in [0, 0.1) is 11.3 Å². The van der Waals surface area contributed by atoms with Crippen molar-refractivity contribution in [2.24, 2.45) is 0 Å². The number of rotatable bonds is 6. The zero-order chi connectivity index (χ0) is 19.2. The van der Waals surface area contributed by atoms with E-state index in [4.69, 9.17) is 5.26 Å². The standard InChI is InChI=1S/C21H24BrN3O2/c22-18-7-17(11-23)8-19(9-18)24-12-15-2-1-3-16(6-15)13-25-5-4-21(27)10-20(25)14-26/h1-3,6-9,20-21,24,26-27H,4-5,10,12-14H2. The molecule has 1 saturated heterocycles. The van der Waals surface area contributed by atoms with Crippen LogP contribution in [-0.2, 0) is 13.1 Å². The summed E-state index contributed by atoms with van der Waals surface area (Å²) >= 11 is 3.43. The van der Waals surface area contributed by atoms with Crippen molar-refractivity contribution in [2.45, 2.75) is 38.1 Å². The molecule has 1 aliphatic heterocycles. The van der Waals surface area contributed by atoms with Crippen LogP contribution < -0.4 is 5.32 Å². The van der Waals surface area contributed by atoms with Crippen LogP contribution in [0.1, 0.15) is 29.5 Å². The third-order valence-electron chi connectivity index (χ3n) is 4.92. The van der Waals surface area contributed by atoms with E-state index < -0.39 is 0 Å². The van der Waals surface area contributed by atoms with E-state index in [0.717, 1.165) is 35.2 Å². The summed E-state index contributed by atoms with van der Waals surface area (Å²) in [7, 11) is 0. The Bertz CT molecular complexity index is 821. The second-order valence-electron chi connectivity index (χ2n) is 7.00. The Morgan fingerprint density at radius 3 is 2.81 bits per heavy atom. The maximum atomic E-state index is 9.80. The Hall–Kier alpha value is -1.91. The number of aliphatic hydroxyl groups is 2. The van der Waals surface area contributed by atoms with Crippen LogP contribution in [0.4, 0.5) is 5.69 Å². The van der Waals surface area contributed by atoms with Gasteiger partial charge in [-0.05, 0) is 42.2 Å². The number of benzene rings is 2. The predicted octanol–water partition coefficient (Wildman–Crippen LogP) is 3.25. The highest BCUT2D eigenvalue weighted by molar-refractivity contribution is 9.10. The highest BCUT2D eigenvalue weighted by atomic mass is 79.9. The van der Waals surface area contributed by atoms with Crippen molar-refractivity contribution in [3.8, 4) is 6.07 Å². The van der Waals surface area contributed by atoms with Gasteiger partial charge < -0.3 is 15.5 Å². The topological polar surface area (TPSA) is 79.5 Å². The molecule has 2 atom stereocenters. The molecule has 27 heavy (non-hydrogen) atoms. The predicted molar refractivity (Wildman–Crippen MR) is 109 cm³/mol. The van der Waals surface area contributed by atoms with E-state index in [9.17, 15) is 10.2 Å². The zero-order valence-electron chi connectivity index (χ0n) is 15.1. The summed E-state index contributed by atoms with van der Waals surface area (Å²) < 4.78 is 0.875. The SMILES string of the molecule is N#Cc1cc(Br)cc(NCc2cccc(CN3CCC(O)CC3CO)c2)c1. The molecule has 0 saturated carbocycles. The smallest absolute Gasteiger partial charge is 0.0992 e. The van der Waals surface area contributed by atoms with Gasteiger partial charge in [-0.3, -0.25) is 4.90 Å². The number of likely N-dealkylation sites (tertiary alicyclic amines) is 1. The fraction of sp³-hybridized carbons (Fsp3) is 0.381. The number of anilines is 1. The van der Waals surface area contributed by atoms with Crippen LogP contribution in [0.25, 0.3) is 0 Å². The first-order valence-corrected chi connectivity index (χ1v) is 9.92.